The number of fused-ring (bicyclic) bond motifs is 2. The maximum absolute atomic E-state index is 11.1. The molecule has 8 heteroatoms. The van der Waals surface area contributed by atoms with E-state index in [-0.39, 0.29) is 5.91 Å². The van der Waals surface area contributed by atoms with Crippen LogP contribution in [0.25, 0.3) is 33.7 Å². The van der Waals surface area contributed by atoms with Gasteiger partial charge in [-0.2, -0.15) is 0 Å². The van der Waals surface area contributed by atoms with Gasteiger partial charge in [0.15, 0.2) is 17.1 Å². The van der Waals surface area contributed by atoms with Gasteiger partial charge in [0.1, 0.15) is 5.52 Å². The predicted molar refractivity (Wildman–Crippen MR) is 109 cm³/mol. The van der Waals surface area contributed by atoms with E-state index < -0.39 is 0 Å². The van der Waals surface area contributed by atoms with Gasteiger partial charge < -0.3 is 9.73 Å². The summed E-state index contributed by atoms with van der Waals surface area (Å²) in [4.78, 5) is 25.1. The summed E-state index contributed by atoms with van der Waals surface area (Å²) in [6.07, 6.45) is 2.70. The van der Waals surface area contributed by atoms with Gasteiger partial charge in [0, 0.05) is 13.0 Å². The molecule has 0 saturated heterocycles. The lowest BCUT2D eigenvalue weighted by molar-refractivity contribution is -0.129. The van der Waals surface area contributed by atoms with Crippen LogP contribution in [0.4, 0.5) is 5.82 Å². The first-order valence-electron chi connectivity index (χ1n) is 9.54. The van der Waals surface area contributed by atoms with Crippen molar-refractivity contribution in [2.75, 3.05) is 11.9 Å². The van der Waals surface area contributed by atoms with E-state index in [9.17, 15) is 4.79 Å². The van der Waals surface area contributed by atoms with Crippen LogP contribution in [-0.4, -0.2) is 32.6 Å². The molecule has 0 aliphatic rings. The molecule has 4 aromatic rings. The average Bonchev–Trinajstić information content (AvgIpc) is 3.19. The summed E-state index contributed by atoms with van der Waals surface area (Å²) in [5, 5.41) is 11.8. The Labute approximate surface area is 167 Å². The maximum Gasteiger partial charge on any atom is 0.250 e. The van der Waals surface area contributed by atoms with Crippen LogP contribution in [0.1, 0.15) is 25.7 Å². The number of hydrogen-bond donors (Lipinski definition) is 3. The summed E-state index contributed by atoms with van der Waals surface area (Å²) in [6.45, 7) is 0.668. The van der Waals surface area contributed by atoms with Gasteiger partial charge in [-0.15, -0.1) is 0 Å². The highest BCUT2D eigenvalue weighted by Crippen LogP contribution is 2.29. The minimum atomic E-state index is -0.364. The Balaban J connectivity index is 1.55. The van der Waals surface area contributed by atoms with Crippen molar-refractivity contribution in [3.8, 4) is 11.6 Å². The molecule has 0 aliphatic heterocycles. The third-order valence-corrected chi connectivity index (χ3v) is 4.56. The molecule has 0 radical (unpaired) electrons. The number of nitrogens with zero attached hydrogens (tertiary/aromatic N) is 3. The van der Waals surface area contributed by atoms with Gasteiger partial charge in [-0.05, 0) is 37.1 Å². The third kappa shape index (κ3) is 4.33. The van der Waals surface area contributed by atoms with Crippen LogP contribution in [0.2, 0.25) is 0 Å². The molecule has 0 saturated carbocycles. The number of rotatable bonds is 8. The minimum Gasteiger partial charge on any atom is -0.435 e. The van der Waals surface area contributed by atoms with Crippen molar-refractivity contribution in [2.24, 2.45) is 0 Å². The van der Waals surface area contributed by atoms with Crippen molar-refractivity contribution in [2.45, 2.75) is 25.7 Å². The van der Waals surface area contributed by atoms with Crippen molar-refractivity contribution < 1.29 is 14.4 Å². The molecule has 0 spiro atoms. The second kappa shape index (κ2) is 8.66. The molecule has 0 bridgehead atoms. The predicted octanol–water partition coefficient (Wildman–Crippen LogP) is 3.92. The van der Waals surface area contributed by atoms with Gasteiger partial charge in [0.25, 0.3) is 0 Å². The summed E-state index contributed by atoms with van der Waals surface area (Å²) in [5.74, 6) is 0.673. The van der Waals surface area contributed by atoms with Gasteiger partial charge in [-0.1, -0.05) is 30.7 Å². The van der Waals surface area contributed by atoms with E-state index in [1.807, 2.05) is 48.5 Å². The Bertz CT molecular complexity index is 1110. The largest absolute Gasteiger partial charge is 0.435 e. The van der Waals surface area contributed by atoms with Gasteiger partial charge in [0.2, 0.25) is 11.8 Å². The average molecular weight is 391 g/mol. The number of hydrogen-bond acceptors (Lipinski definition) is 7. The van der Waals surface area contributed by atoms with Crippen LogP contribution in [0.5, 0.6) is 0 Å². The number of aromatic nitrogens is 3. The molecule has 0 atom stereocenters. The molecule has 3 N–H and O–H groups in total. The lowest BCUT2D eigenvalue weighted by Gasteiger charge is -2.10. The van der Waals surface area contributed by atoms with Crippen LogP contribution in [0, 0.1) is 0 Å². The van der Waals surface area contributed by atoms with Crippen LogP contribution < -0.4 is 10.8 Å². The molecular weight excluding hydrogens is 370 g/mol. The van der Waals surface area contributed by atoms with Gasteiger partial charge in [0.05, 0.1) is 11.0 Å². The number of anilines is 1. The van der Waals surface area contributed by atoms with Crippen LogP contribution >= 0.6 is 0 Å². The number of amides is 1. The molecule has 2 heterocycles. The van der Waals surface area contributed by atoms with Crippen molar-refractivity contribution in [3.05, 3.63) is 48.5 Å². The fourth-order valence-corrected chi connectivity index (χ4v) is 3.10. The first kappa shape index (κ1) is 18.8. The van der Waals surface area contributed by atoms with Gasteiger partial charge in [-0.3, -0.25) is 10.0 Å². The summed E-state index contributed by atoms with van der Waals surface area (Å²) < 4.78 is 5.91. The zero-order valence-electron chi connectivity index (χ0n) is 15.8. The van der Waals surface area contributed by atoms with Crippen molar-refractivity contribution >= 4 is 33.9 Å². The molecule has 0 aliphatic carbocycles. The number of hydroxylamine groups is 1. The maximum atomic E-state index is 11.1. The monoisotopic (exact) mass is 391 g/mol. The topological polar surface area (TPSA) is 113 Å². The zero-order chi connectivity index (χ0) is 20.1. The standard InChI is InChI=1S/C21H21N5O3/c27-18(26-28)12-2-1-7-13-22-20-19(23-14-8-3-4-9-15(14)24-20)21-25-16-10-5-6-11-17(16)29-21/h3-6,8-11,28H,1-2,7,12-13H2,(H,22,24)(H,26,27). The van der Waals surface area contributed by atoms with Crippen LogP contribution in [0.15, 0.2) is 52.9 Å². The third-order valence-electron chi connectivity index (χ3n) is 4.56. The van der Waals surface area contributed by atoms with Crippen molar-refractivity contribution in [1.29, 1.82) is 0 Å². The number of oxazole rings is 1. The number of nitrogens with one attached hydrogen (secondary N) is 2. The SMILES string of the molecule is O=C(CCCCCNc1nc2ccccc2nc1-c1nc2ccccc2o1)NO. The second-order valence-electron chi connectivity index (χ2n) is 6.67. The van der Waals surface area contributed by atoms with Crippen molar-refractivity contribution in [1.82, 2.24) is 20.4 Å². The Morgan fingerprint density at radius 3 is 2.38 bits per heavy atom. The highest BCUT2D eigenvalue weighted by Gasteiger charge is 2.16. The Morgan fingerprint density at radius 1 is 0.897 bits per heavy atom. The lowest BCUT2D eigenvalue weighted by atomic mass is 10.2. The zero-order valence-corrected chi connectivity index (χ0v) is 15.8. The van der Waals surface area contributed by atoms with Gasteiger partial charge in [-0.25, -0.2) is 20.4 Å². The molecular formula is C21H21N5O3. The van der Waals surface area contributed by atoms with E-state index in [0.29, 0.717) is 42.4 Å². The molecule has 4 rings (SSSR count). The molecule has 0 unspecified atom stereocenters. The summed E-state index contributed by atoms with van der Waals surface area (Å²) >= 11 is 0. The molecule has 148 valence electrons. The molecule has 0 fully saturated rings. The molecule has 2 aromatic carbocycles. The Kier molecular flexibility index (Phi) is 5.62. The molecule has 2 aromatic heterocycles. The quantitative estimate of drug-likeness (QED) is 0.237. The summed E-state index contributed by atoms with van der Waals surface area (Å²) in [6, 6.07) is 15.2. The summed E-state index contributed by atoms with van der Waals surface area (Å²) in [7, 11) is 0. The highest BCUT2D eigenvalue weighted by molar-refractivity contribution is 5.83. The summed E-state index contributed by atoms with van der Waals surface area (Å²) in [5.41, 5.74) is 5.24. The fourth-order valence-electron chi connectivity index (χ4n) is 3.10. The highest BCUT2D eigenvalue weighted by atomic mass is 16.5. The van der Waals surface area contributed by atoms with E-state index in [2.05, 4.69) is 10.3 Å². The molecule has 29 heavy (non-hydrogen) atoms. The first-order valence-corrected chi connectivity index (χ1v) is 9.54. The smallest absolute Gasteiger partial charge is 0.250 e. The lowest BCUT2D eigenvalue weighted by Crippen LogP contribution is -2.17. The Morgan fingerprint density at radius 2 is 1.62 bits per heavy atom. The van der Waals surface area contributed by atoms with E-state index in [0.717, 1.165) is 29.4 Å². The van der Waals surface area contributed by atoms with E-state index in [1.165, 1.54) is 0 Å². The number of carbonyl (C=O) groups excluding carboxylic acids is 1. The number of benzene rings is 2. The Hall–Kier alpha value is -3.52. The number of unbranched alkanes of at least 4 members (excludes halogenated alkanes) is 2. The normalized spacial score (nSPS) is 11.1. The van der Waals surface area contributed by atoms with Crippen LogP contribution in [0.3, 0.4) is 0 Å². The molecule has 8 nitrogen and oxygen atoms in total. The van der Waals surface area contributed by atoms with E-state index in [1.54, 1.807) is 5.48 Å². The number of carbonyl (C=O) groups is 1. The van der Waals surface area contributed by atoms with Gasteiger partial charge >= 0.3 is 0 Å². The molecule has 1 amide bonds. The van der Waals surface area contributed by atoms with E-state index in [4.69, 9.17) is 19.6 Å². The second-order valence-corrected chi connectivity index (χ2v) is 6.67. The fraction of sp³-hybridized carbons (Fsp3) is 0.238. The van der Waals surface area contributed by atoms with Crippen LogP contribution in [-0.2, 0) is 4.79 Å². The van der Waals surface area contributed by atoms with E-state index >= 15 is 0 Å². The van der Waals surface area contributed by atoms with Crippen molar-refractivity contribution in [3.63, 3.8) is 0 Å². The first-order chi connectivity index (χ1) is 14.2. The minimum absolute atomic E-state index is 0.306. The number of para-hydroxylation sites is 4.